The third kappa shape index (κ3) is 2.96. The van der Waals surface area contributed by atoms with Crippen LogP contribution in [-0.2, 0) is 6.42 Å². The first-order valence-electron chi connectivity index (χ1n) is 8.14. The van der Waals surface area contributed by atoms with Gasteiger partial charge in [-0.1, -0.05) is 13.0 Å². The van der Waals surface area contributed by atoms with Gasteiger partial charge in [-0.3, -0.25) is 4.79 Å². The largest absolute Gasteiger partial charge is 0.486 e. The molecule has 0 bridgehead atoms. The molecule has 0 radical (unpaired) electrons. The SMILES string of the molecule is CCc1nc(C)c(C(=O)N(C)[C@@H](C)c2ccc3c(c2)OCCO3)o1. The molecule has 0 N–H and O–H groups in total. The van der Waals surface area contributed by atoms with Crippen molar-refractivity contribution in [2.75, 3.05) is 20.3 Å². The van der Waals surface area contributed by atoms with Gasteiger partial charge in [0, 0.05) is 13.5 Å². The Balaban J connectivity index is 1.82. The average molecular weight is 330 g/mol. The van der Waals surface area contributed by atoms with Gasteiger partial charge < -0.3 is 18.8 Å². The summed E-state index contributed by atoms with van der Waals surface area (Å²) in [6.07, 6.45) is 0.662. The Morgan fingerprint density at radius 1 is 1.29 bits per heavy atom. The van der Waals surface area contributed by atoms with E-state index in [2.05, 4.69) is 4.98 Å². The van der Waals surface area contributed by atoms with Crippen LogP contribution < -0.4 is 9.47 Å². The Morgan fingerprint density at radius 2 is 2.00 bits per heavy atom. The molecule has 6 nitrogen and oxygen atoms in total. The molecule has 1 atom stereocenters. The second-order valence-corrected chi connectivity index (χ2v) is 5.87. The van der Waals surface area contributed by atoms with Crippen LogP contribution >= 0.6 is 0 Å². The van der Waals surface area contributed by atoms with Crippen LogP contribution in [0.25, 0.3) is 0 Å². The number of aryl methyl sites for hydroxylation is 2. The highest BCUT2D eigenvalue weighted by atomic mass is 16.6. The number of rotatable bonds is 4. The Morgan fingerprint density at radius 3 is 2.67 bits per heavy atom. The number of hydrogen-bond acceptors (Lipinski definition) is 5. The molecule has 0 saturated heterocycles. The molecule has 2 heterocycles. The van der Waals surface area contributed by atoms with Crippen molar-refractivity contribution in [1.82, 2.24) is 9.88 Å². The summed E-state index contributed by atoms with van der Waals surface area (Å²) < 4.78 is 16.7. The van der Waals surface area contributed by atoms with Crippen molar-refractivity contribution < 1.29 is 18.7 Å². The van der Waals surface area contributed by atoms with Crippen molar-refractivity contribution in [1.29, 1.82) is 0 Å². The van der Waals surface area contributed by atoms with Gasteiger partial charge >= 0.3 is 0 Å². The summed E-state index contributed by atoms with van der Waals surface area (Å²) in [5, 5.41) is 0. The third-order valence-electron chi connectivity index (χ3n) is 4.29. The lowest BCUT2D eigenvalue weighted by atomic mass is 10.1. The third-order valence-corrected chi connectivity index (χ3v) is 4.29. The van der Waals surface area contributed by atoms with E-state index in [4.69, 9.17) is 13.9 Å². The fourth-order valence-electron chi connectivity index (χ4n) is 2.68. The maximum atomic E-state index is 12.7. The highest BCUT2D eigenvalue weighted by Gasteiger charge is 2.25. The average Bonchev–Trinajstić information content (AvgIpc) is 3.00. The lowest BCUT2D eigenvalue weighted by Crippen LogP contribution is -2.30. The van der Waals surface area contributed by atoms with Gasteiger partial charge in [0.1, 0.15) is 13.2 Å². The molecule has 0 saturated carbocycles. The fourth-order valence-corrected chi connectivity index (χ4v) is 2.68. The quantitative estimate of drug-likeness (QED) is 0.861. The van der Waals surface area contributed by atoms with Crippen molar-refractivity contribution in [3.63, 3.8) is 0 Å². The first-order valence-corrected chi connectivity index (χ1v) is 8.14. The summed E-state index contributed by atoms with van der Waals surface area (Å²) in [4.78, 5) is 18.7. The lowest BCUT2D eigenvalue weighted by molar-refractivity contribution is 0.0707. The van der Waals surface area contributed by atoms with Gasteiger partial charge in [-0.25, -0.2) is 4.98 Å². The van der Waals surface area contributed by atoms with E-state index >= 15 is 0 Å². The van der Waals surface area contributed by atoms with E-state index in [1.807, 2.05) is 32.0 Å². The van der Waals surface area contributed by atoms with E-state index in [1.54, 1.807) is 18.9 Å². The van der Waals surface area contributed by atoms with Crippen molar-refractivity contribution in [2.24, 2.45) is 0 Å². The number of fused-ring (bicyclic) bond motifs is 1. The number of hydrogen-bond donors (Lipinski definition) is 0. The summed E-state index contributed by atoms with van der Waals surface area (Å²) in [5.74, 6) is 2.16. The van der Waals surface area contributed by atoms with E-state index in [1.165, 1.54) is 0 Å². The maximum absolute atomic E-state index is 12.7. The molecule has 6 heteroatoms. The number of carbonyl (C=O) groups is 1. The van der Waals surface area contributed by atoms with Crippen LogP contribution in [0.1, 0.15) is 47.6 Å². The number of carbonyl (C=O) groups excluding carboxylic acids is 1. The first kappa shape index (κ1) is 16.4. The van der Waals surface area contributed by atoms with Crippen LogP contribution in [0.5, 0.6) is 11.5 Å². The smallest absolute Gasteiger partial charge is 0.291 e. The molecule has 0 fully saturated rings. The molecule has 1 amide bonds. The van der Waals surface area contributed by atoms with Gasteiger partial charge in [0.2, 0.25) is 5.76 Å². The van der Waals surface area contributed by atoms with E-state index in [-0.39, 0.29) is 11.9 Å². The molecule has 1 aromatic heterocycles. The van der Waals surface area contributed by atoms with Gasteiger partial charge in [0.25, 0.3) is 5.91 Å². The Hall–Kier alpha value is -2.50. The highest BCUT2D eigenvalue weighted by molar-refractivity contribution is 5.92. The zero-order valence-corrected chi connectivity index (χ0v) is 14.5. The number of nitrogens with zero attached hydrogens (tertiary/aromatic N) is 2. The number of benzene rings is 1. The van der Waals surface area contributed by atoms with Gasteiger partial charge in [0.15, 0.2) is 17.4 Å². The zero-order chi connectivity index (χ0) is 17.3. The summed E-state index contributed by atoms with van der Waals surface area (Å²) >= 11 is 0. The zero-order valence-electron chi connectivity index (χ0n) is 14.5. The molecule has 0 spiro atoms. The minimum absolute atomic E-state index is 0.136. The minimum atomic E-state index is -0.179. The summed E-state index contributed by atoms with van der Waals surface area (Å²) in [7, 11) is 1.76. The van der Waals surface area contributed by atoms with Crippen molar-refractivity contribution >= 4 is 5.91 Å². The molecule has 1 aromatic carbocycles. The van der Waals surface area contributed by atoms with Crippen molar-refractivity contribution in [3.8, 4) is 11.5 Å². The highest BCUT2D eigenvalue weighted by Crippen LogP contribution is 2.34. The number of oxazole rings is 1. The second kappa shape index (κ2) is 6.55. The normalized spacial score (nSPS) is 14.3. The van der Waals surface area contributed by atoms with Gasteiger partial charge in [0.05, 0.1) is 11.7 Å². The second-order valence-electron chi connectivity index (χ2n) is 5.87. The van der Waals surface area contributed by atoms with Crippen LogP contribution in [-0.4, -0.2) is 36.1 Å². The molecule has 24 heavy (non-hydrogen) atoms. The van der Waals surface area contributed by atoms with Crippen LogP contribution in [0.3, 0.4) is 0 Å². The molecule has 0 unspecified atom stereocenters. The number of amides is 1. The molecule has 1 aliphatic heterocycles. The summed E-state index contributed by atoms with van der Waals surface area (Å²) in [6, 6.07) is 5.62. The number of ether oxygens (including phenoxy) is 2. The van der Waals surface area contributed by atoms with Crippen LogP contribution in [0, 0.1) is 6.92 Å². The minimum Gasteiger partial charge on any atom is -0.486 e. The molecule has 2 aromatic rings. The van der Waals surface area contributed by atoms with Crippen molar-refractivity contribution in [2.45, 2.75) is 33.2 Å². The molecule has 3 rings (SSSR count). The van der Waals surface area contributed by atoms with Gasteiger partial charge in [-0.05, 0) is 31.5 Å². The van der Waals surface area contributed by atoms with Crippen LogP contribution in [0.4, 0.5) is 0 Å². The molecule has 128 valence electrons. The maximum Gasteiger partial charge on any atom is 0.291 e. The molecule has 1 aliphatic rings. The van der Waals surface area contributed by atoms with Gasteiger partial charge in [-0.15, -0.1) is 0 Å². The fraction of sp³-hybridized carbons (Fsp3) is 0.444. The molecular formula is C18H22N2O4. The molecule has 0 aliphatic carbocycles. The predicted molar refractivity (Wildman–Crippen MR) is 88.6 cm³/mol. The van der Waals surface area contributed by atoms with Crippen LogP contribution in [0.2, 0.25) is 0 Å². The topological polar surface area (TPSA) is 64.8 Å². The summed E-state index contributed by atoms with van der Waals surface area (Å²) in [5.41, 5.74) is 1.60. The van der Waals surface area contributed by atoms with E-state index in [9.17, 15) is 4.79 Å². The van der Waals surface area contributed by atoms with E-state index in [0.717, 1.165) is 17.1 Å². The molecular weight excluding hydrogens is 308 g/mol. The van der Waals surface area contributed by atoms with Crippen LogP contribution in [0.15, 0.2) is 22.6 Å². The first-order chi connectivity index (χ1) is 11.5. The predicted octanol–water partition coefficient (Wildman–Crippen LogP) is 3.15. The van der Waals surface area contributed by atoms with Gasteiger partial charge in [-0.2, -0.15) is 0 Å². The number of aromatic nitrogens is 1. The van der Waals surface area contributed by atoms with E-state index < -0.39 is 0 Å². The Kier molecular flexibility index (Phi) is 4.46. The van der Waals surface area contributed by atoms with Crippen molar-refractivity contribution in [3.05, 3.63) is 41.1 Å². The lowest BCUT2D eigenvalue weighted by Gasteiger charge is -2.26. The Labute approximate surface area is 141 Å². The standard InChI is InChI=1S/C18H22N2O4/c1-5-16-19-11(2)17(24-16)18(21)20(4)12(3)13-6-7-14-15(10-13)23-9-8-22-14/h6-7,10,12H,5,8-9H2,1-4H3/t12-/m0/s1. The van der Waals surface area contributed by atoms with E-state index in [0.29, 0.717) is 37.0 Å². The Bertz CT molecular complexity index is 753. The monoisotopic (exact) mass is 330 g/mol. The summed E-state index contributed by atoms with van der Waals surface area (Å²) in [6.45, 7) is 6.80.